The molecule has 1 aromatic rings. The van der Waals surface area contributed by atoms with Crippen LogP contribution in [-0.2, 0) is 23.9 Å². The van der Waals surface area contributed by atoms with Gasteiger partial charge in [-0.3, -0.25) is 4.79 Å². The molecule has 0 aliphatic heterocycles. The van der Waals surface area contributed by atoms with Crippen molar-refractivity contribution in [2.75, 3.05) is 13.7 Å². The second kappa shape index (κ2) is 10.8. The maximum Gasteiger partial charge on any atom is 0.349 e. The lowest BCUT2D eigenvalue weighted by Gasteiger charge is -2.18. The summed E-state index contributed by atoms with van der Waals surface area (Å²) in [5, 5.41) is 11.6. The number of esters is 2. The number of hydrogen-bond donors (Lipinski definition) is 1. The van der Waals surface area contributed by atoms with E-state index >= 15 is 0 Å². The van der Waals surface area contributed by atoms with Gasteiger partial charge in [-0.2, -0.15) is 5.26 Å². The molecule has 0 bridgehead atoms. The zero-order valence-corrected chi connectivity index (χ0v) is 15.9. The number of nitrogens with one attached hydrogen (secondary N) is 1. The number of rotatable bonds is 8. The summed E-state index contributed by atoms with van der Waals surface area (Å²) in [5.74, 6) is -1.97. The minimum Gasteiger partial charge on any atom is -0.467 e. The van der Waals surface area contributed by atoms with Crippen molar-refractivity contribution in [1.82, 2.24) is 5.32 Å². The molecule has 1 amide bonds. The van der Waals surface area contributed by atoms with E-state index in [0.717, 1.165) is 5.56 Å². The number of nitrogens with zero attached hydrogens (tertiary/aromatic N) is 1. The van der Waals surface area contributed by atoms with Crippen molar-refractivity contribution < 1.29 is 23.9 Å². The average Bonchev–Trinajstić information content (AvgIpc) is 2.64. The van der Waals surface area contributed by atoms with Gasteiger partial charge in [0.05, 0.1) is 7.11 Å². The van der Waals surface area contributed by atoms with Crippen LogP contribution < -0.4 is 5.32 Å². The van der Waals surface area contributed by atoms with Gasteiger partial charge in [0.25, 0.3) is 5.91 Å². The zero-order chi connectivity index (χ0) is 20.4. The third kappa shape index (κ3) is 7.74. The number of hydrogen-bond acceptors (Lipinski definition) is 6. The summed E-state index contributed by atoms with van der Waals surface area (Å²) in [7, 11) is 1.23. The lowest BCUT2D eigenvalue weighted by Crippen LogP contribution is -2.44. The van der Waals surface area contributed by atoms with Crippen LogP contribution in [0, 0.1) is 24.2 Å². The summed E-state index contributed by atoms with van der Waals surface area (Å²) in [6.07, 6.45) is 1.78. The smallest absolute Gasteiger partial charge is 0.349 e. The Morgan fingerprint density at radius 1 is 1.22 bits per heavy atom. The van der Waals surface area contributed by atoms with Crippen LogP contribution in [0.4, 0.5) is 0 Å². The summed E-state index contributed by atoms with van der Waals surface area (Å²) in [6.45, 7) is 5.12. The number of ether oxygens (including phenoxy) is 2. The first-order chi connectivity index (χ1) is 12.8. The van der Waals surface area contributed by atoms with E-state index < -0.39 is 30.5 Å². The molecule has 0 saturated heterocycles. The third-order valence-corrected chi connectivity index (χ3v) is 3.59. The predicted molar refractivity (Wildman–Crippen MR) is 99.1 cm³/mol. The van der Waals surface area contributed by atoms with E-state index in [1.54, 1.807) is 18.2 Å². The minimum absolute atomic E-state index is 0.152. The molecule has 7 heteroatoms. The molecule has 1 aromatic carbocycles. The molecule has 27 heavy (non-hydrogen) atoms. The lowest BCUT2D eigenvalue weighted by molar-refractivity contribution is -0.148. The predicted octanol–water partition coefficient (Wildman–Crippen LogP) is 2.15. The van der Waals surface area contributed by atoms with Crippen LogP contribution in [0.5, 0.6) is 0 Å². The number of carbonyl (C=O) groups excluding carboxylic acids is 3. The summed E-state index contributed by atoms with van der Waals surface area (Å²) >= 11 is 0. The third-order valence-electron chi connectivity index (χ3n) is 3.59. The van der Waals surface area contributed by atoms with Crippen molar-refractivity contribution in [2.45, 2.75) is 33.2 Å². The zero-order valence-electron chi connectivity index (χ0n) is 15.9. The first kappa shape index (κ1) is 21.9. The van der Waals surface area contributed by atoms with Crippen LogP contribution in [0.25, 0.3) is 6.08 Å². The molecular weight excluding hydrogens is 348 g/mol. The molecule has 0 unspecified atom stereocenters. The second-order valence-electron chi connectivity index (χ2n) is 6.43. The largest absolute Gasteiger partial charge is 0.467 e. The number of nitriles is 1. The van der Waals surface area contributed by atoms with E-state index in [0.29, 0.717) is 12.0 Å². The Morgan fingerprint density at radius 3 is 2.37 bits per heavy atom. The summed E-state index contributed by atoms with van der Waals surface area (Å²) in [4.78, 5) is 35.7. The van der Waals surface area contributed by atoms with Gasteiger partial charge in [-0.15, -0.1) is 0 Å². The molecule has 0 spiro atoms. The number of benzene rings is 1. The number of methoxy groups -OCH3 is 1. The quantitative estimate of drug-likeness (QED) is 0.426. The maximum absolute atomic E-state index is 12.0. The normalized spacial score (nSPS) is 12.1. The first-order valence-electron chi connectivity index (χ1n) is 8.49. The second-order valence-corrected chi connectivity index (χ2v) is 6.43. The van der Waals surface area contributed by atoms with Crippen LogP contribution in [0.2, 0.25) is 0 Å². The SMILES string of the molecule is COC(=O)[C@H](CC(C)C)NC(=O)COC(=O)/C(C#N)=C/c1ccc(C)cc1. The highest BCUT2D eigenvalue weighted by Crippen LogP contribution is 2.10. The molecule has 144 valence electrons. The van der Waals surface area contributed by atoms with Crippen LogP contribution in [-0.4, -0.2) is 37.6 Å². The average molecular weight is 372 g/mol. The Morgan fingerprint density at radius 2 is 1.85 bits per heavy atom. The highest BCUT2D eigenvalue weighted by Gasteiger charge is 2.23. The Hall–Kier alpha value is -3.14. The minimum atomic E-state index is -0.910. The van der Waals surface area contributed by atoms with Crippen LogP contribution in [0.1, 0.15) is 31.4 Å². The molecule has 1 N–H and O–H groups in total. The standard InChI is InChI=1S/C20H24N2O5/c1-13(2)9-17(20(25)26-4)22-18(23)12-27-19(24)16(11-21)10-15-7-5-14(3)6-8-15/h5-8,10,13,17H,9,12H2,1-4H3,(H,22,23)/b16-10+/t17-/m0/s1. The van der Waals surface area contributed by atoms with Crippen molar-refractivity contribution in [3.05, 3.63) is 41.0 Å². The van der Waals surface area contributed by atoms with E-state index in [1.165, 1.54) is 13.2 Å². The van der Waals surface area contributed by atoms with Gasteiger partial charge in [0, 0.05) is 0 Å². The molecule has 1 atom stereocenters. The molecular formula is C20H24N2O5. The fourth-order valence-corrected chi connectivity index (χ4v) is 2.24. The maximum atomic E-state index is 12.0. The van der Waals surface area contributed by atoms with E-state index in [4.69, 9.17) is 10.00 Å². The fraction of sp³-hybridized carbons (Fsp3) is 0.400. The highest BCUT2D eigenvalue weighted by atomic mass is 16.5. The van der Waals surface area contributed by atoms with Gasteiger partial charge < -0.3 is 14.8 Å². The fourth-order valence-electron chi connectivity index (χ4n) is 2.24. The Kier molecular flexibility index (Phi) is 8.73. The van der Waals surface area contributed by atoms with Gasteiger partial charge in [0.1, 0.15) is 17.7 Å². The molecule has 0 saturated carbocycles. The van der Waals surface area contributed by atoms with E-state index in [2.05, 4.69) is 10.1 Å². The number of carbonyl (C=O) groups is 3. The van der Waals surface area contributed by atoms with Gasteiger partial charge in [-0.1, -0.05) is 43.7 Å². The van der Waals surface area contributed by atoms with E-state index in [1.807, 2.05) is 32.9 Å². The molecule has 0 fully saturated rings. The van der Waals surface area contributed by atoms with Crippen LogP contribution in [0.15, 0.2) is 29.8 Å². The molecule has 0 radical (unpaired) electrons. The van der Waals surface area contributed by atoms with Crippen molar-refractivity contribution >= 4 is 23.9 Å². The van der Waals surface area contributed by atoms with Crippen molar-refractivity contribution in [3.63, 3.8) is 0 Å². The number of aryl methyl sites for hydroxylation is 1. The van der Waals surface area contributed by atoms with Crippen molar-refractivity contribution in [1.29, 1.82) is 5.26 Å². The van der Waals surface area contributed by atoms with E-state index in [-0.39, 0.29) is 11.5 Å². The highest BCUT2D eigenvalue weighted by molar-refractivity contribution is 5.99. The monoisotopic (exact) mass is 372 g/mol. The Bertz CT molecular complexity index is 745. The van der Waals surface area contributed by atoms with Gasteiger partial charge in [0.15, 0.2) is 6.61 Å². The van der Waals surface area contributed by atoms with Crippen LogP contribution >= 0.6 is 0 Å². The van der Waals surface area contributed by atoms with Gasteiger partial charge in [-0.25, -0.2) is 9.59 Å². The molecule has 0 heterocycles. The first-order valence-corrected chi connectivity index (χ1v) is 8.49. The van der Waals surface area contributed by atoms with Crippen molar-refractivity contribution in [2.24, 2.45) is 5.92 Å². The lowest BCUT2D eigenvalue weighted by atomic mass is 10.0. The molecule has 0 aliphatic rings. The van der Waals surface area contributed by atoms with Gasteiger partial charge >= 0.3 is 11.9 Å². The molecule has 0 aliphatic carbocycles. The summed E-state index contributed by atoms with van der Waals surface area (Å²) < 4.78 is 9.53. The topological polar surface area (TPSA) is 105 Å². The summed E-state index contributed by atoms with van der Waals surface area (Å²) in [5.41, 5.74) is 1.49. The van der Waals surface area contributed by atoms with Crippen molar-refractivity contribution in [3.8, 4) is 6.07 Å². The van der Waals surface area contributed by atoms with Gasteiger partial charge in [-0.05, 0) is 30.9 Å². The van der Waals surface area contributed by atoms with Gasteiger partial charge in [0.2, 0.25) is 0 Å². The summed E-state index contributed by atoms with van der Waals surface area (Å²) in [6, 6.07) is 8.17. The molecule has 0 aromatic heterocycles. The van der Waals surface area contributed by atoms with E-state index in [9.17, 15) is 14.4 Å². The Labute approximate surface area is 159 Å². The Balaban J connectivity index is 2.67. The molecule has 1 rings (SSSR count). The number of amides is 1. The molecule has 7 nitrogen and oxygen atoms in total. The van der Waals surface area contributed by atoms with Crippen LogP contribution in [0.3, 0.4) is 0 Å².